The number of hydrogen-bond donors (Lipinski definition) is 1. The molecule has 1 amide bonds. The summed E-state index contributed by atoms with van der Waals surface area (Å²) in [6.07, 6.45) is 0. The average Bonchev–Trinajstić information content (AvgIpc) is 2.61. The number of amides is 1. The lowest BCUT2D eigenvalue weighted by Gasteiger charge is -2.37. The number of nitrogens with zero attached hydrogens (tertiary/aromatic N) is 1. The Labute approximate surface area is 145 Å². The fourth-order valence-electron chi connectivity index (χ4n) is 2.96. The van der Waals surface area contributed by atoms with E-state index in [1.165, 1.54) is 25.3 Å². The SMILES string of the molecule is COc1ccc(F)cc1C(=O)N1CCNCC1c1cccc(Cl)c1. The fourth-order valence-corrected chi connectivity index (χ4v) is 3.16. The molecule has 1 unspecified atom stereocenters. The van der Waals surface area contributed by atoms with Crippen LogP contribution in [0.3, 0.4) is 0 Å². The van der Waals surface area contributed by atoms with Crippen LogP contribution in [0.4, 0.5) is 4.39 Å². The Bertz CT molecular complexity index is 754. The highest BCUT2D eigenvalue weighted by atomic mass is 35.5. The second-order valence-electron chi connectivity index (χ2n) is 5.62. The number of halogens is 2. The molecule has 1 N–H and O–H groups in total. The summed E-state index contributed by atoms with van der Waals surface area (Å²) in [6.45, 7) is 1.82. The number of benzene rings is 2. The van der Waals surface area contributed by atoms with Gasteiger partial charge in [0.15, 0.2) is 0 Å². The van der Waals surface area contributed by atoms with Crippen LogP contribution in [0.5, 0.6) is 5.75 Å². The summed E-state index contributed by atoms with van der Waals surface area (Å²) in [5.41, 5.74) is 1.17. The smallest absolute Gasteiger partial charge is 0.258 e. The van der Waals surface area contributed by atoms with E-state index in [1.54, 1.807) is 11.0 Å². The molecular weight excluding hydrogens is 331 g/mol. The molecule has 6 heteroatoms. The van der Waals surface area contributed by atoms with Crippen molar-refractivity contribution >= 4 is 17.5 Å². The van der Waals surface area contributed by atoms with Crippen molar-refractivity contribution < 1.29 is 13.9 Å². The standard InChI is InChI=1S/C18H18ClFN2O2/c1-24-17-6-5-14(20)10-15(17)18(23)22-8-7-21-11-16(22)12-3-2-4-13(19)9-12/h2-6,9-10,16,21H,7-8,11H2,1H3. The number of carbonyl (C=O) groups is 1. The van der Waals surface area contributed by atoms with Crippen LogP contribution in [0.1, 0.15) is 22.0 Å². The summed E-state index contributed by atoms with van der Waals surface area (Å²) < 4.78 is 18.8. The molecule has 1 aliphatic rings. The van der Waals surface area contributed by atoms with Crippen LogP contribution in [0, 0.1) is 5.82 Å². The molecule has 0 radical (unpaired) electrons. The van der Waals surface area contributed by atoms with Gasteiger partial charge in [0.1, 0.15) is 11.6 Å². The highest BCUT2D eigenvalue weighted by molar-refractivity contribution is 6.30. The third kappa shape index (κ3) is 3.37. The molecule has 1 heterocycles. The summed E-state index contributed by atoms with van der Waals surface area (Å²) in [4.78, 5) is 14.8. The first kappa shape index (κ1) is 16.7. The molecule has 2 aromatic rings. The minimum atomic E-state index is -0.464. The summed E-state index contributed by atoms with van der Waals surface area (Å²) in [7, 11) is 1.47. The lowest BCUT2D eigenvalue weighted by molar-refractivity contribution is 0.0630. The van der Waals surface area contributed by atoms with Gasteiger partial charge in [-0.25, -0.2) is 4.39 Å². The van der Waals surface area contributed by atoms with Gasteiger partial charge in [-0.05, 0) is 35.9 Å². The van der Waals surface area contributed by atoms with Gasteiger partial charge in [-0.3, -0.25) is 4.79 Å². The number of methoxy groups -OCH3 is 1. The van der Waals surface area contributed by atoms with Gasteiger partial charge in [-0.15, -0.1) is 0 Å². The van der Waals surface area contributed by atoms with Crippen LogP contribution >= 0.6 is 11.6 Å². The largest absolute Gasteiger partial charge is 0.496 e. The zero-order chi connectivity index (χ0) is 17.1. The van der Waals surface area contributed by atoms with E-state index >= 15 is 0 Å². The Kier molecular flexibility index (Phi) is 5.02. The minimum absolute atomic E-state index is 0.169. The van der Waals surface area contributed by atoms with Crippen LogP contribution in [0.2, 0.25) is 5.02 Å². The Morgan fingerprint density at radius 1 is 1.33 bits per heavy atom. The lowest BCUT2D eigenvalue weighted by atomic mass is 10.0. The number of nitrogens with one attached hydrogen (secondary N) is 1. The van der Waals surface area contributed by atoms with E-state index in [4.69, 9.17) is 16.3 Å². The number of carbonyl (C=O) groups excluding carboxylic acids is 1. The number of rotatable bonds is 3. The van der Waals surface area contributed by atoms with Gasteiger partial charge in [-0.1, -0.05) is 23.7 Å². The molecule has 3 rings (SSSR count). The third-order valence-electron chi connectivity index (χ3n) is 4.13. The first-order valence-electron chi connectivity index (χ1n) is 7.71. The third-order valence-corrected chi connectivity index (χ3v) is 4.36. The zero-order valence-corrected chi connectivity index (χ0v) is 14.0. The van der Waals surface area contributed by atoms with E-state index in [0.717, 1.165) is 5.56 Å². The van der Waals surface area contributed by atoms with Crippen LogP contribution in [0.25, 0.3) is 0 Å². The lowest BCUT2D eigenvalue weighted by Crippen LogP contribution is -2.48. The quantitative estimate of drug-likeness (QED) is 0.925. The van der Waals surface area contributed by atoms with E-state index in [0.29, 0.717) is 30.4 Å². The van der Waals surface area contributed by atoms with Gasteiger partial charge in [0.25, 0.3) is 5.91 Å². The molecule has 4 nitrogen and oxygen atoms in total. The predicted molar refractivity (Wildman–Crippen MR) is 91.1 cm³/mol. The van der Waals surface area contributed by atoms with Crippen LogP contribution in [-0.4, -0.2) is 37.6 Å². The van der Waals surface area contributed by atoms with Gasteiger partial charge < -0.3 is 15.0 Å². The molecule has 0 bridgehead atoms. The van der Waals surface area contributed by atoms with E-state index in [9.17, 15) is 9.18 Å². The molecule has 1 aliphatic heterocycles. The van der Waals surface area contributed by atoms with Crippen molar-refractivity contribution in [1.82, 2.24) is 10.2 Å². The van der Waals surface area contributed by atoms with Crippen LogP contribution in [-0.2, 0) is 0 Å². The summed E-state index contributed by atoms with van der Waals surface area (Å²) >= 11 is 6.08. The Hall–Kier alpha value is -2.11. The van der Waals surface area contributed by atoms with Crippen molar-refractivity contribution in [3.63, 3.8) is 0 Å². The molecular formula is C18H18ClFN2O2. The molecule has 0 aromatic heterocycles. The van der Waals surface area contributed by atoms with Crippen molar-refractivity contribution in [1.29, 1.82) is 0 Å². The topological polar surface area (TPSA) is 41.6 Å². The summed E-state index contributed by atoms with van der Waals surface area (Å²) in [6, 6.07) is 11.2. The van der Waals surface area contributed by atoms with Crippen molar-refractivity contribution in [3.05, 3.63) is 64.4 Å². The molecule has 0 aliphatic carbocycles. The van der Waals surface area contributed by atoms with Gasteiger partial charge >= 0.3 is 0 Å². The maximum atomic E-state index is 13.6. The Morgan fingerprint density at radius 3 is 2.92 bits per heavy atom. The number of hydrogen-bond acceptors (Lipinski definition) is 3. The Morgan fingerprint density at radius 2 is 2.17 bits per heavy atom. The van der Waals surface area contributed by atoms with Crippen molar-refractivity contribution in [2.24, 2.45) is 0 Å². The minimum Gasteiger partial charge on any atom is -0.496 e. The van der Waals surface area contributed by atoms with Crippen molar-refractivity contribution in [2.75, 3.05) is 26.7 Å². The second-order valence-corrected chi connectivity index (χ2v) is 6.05. The Balaban J connectivity index is 1.96. The molecule has 1 atom stereocenters. The zero-order valence-electron chi connectivity index (χ0n) is 13.3. The molecule has 126 valence electrons. The summed E-state index contributed by atoms with van der Waals surface area (Å²) in [5, 5.41) is 3.91. The van der Waals surface area contributed by atoms with E-state index in [1.807, 2.05) is 18.2 Å². The van der Waals surface area contributed by atoms with Gasteiger partial charge in [0, 0.05) is 24.7 Å². The number of ether oxygens (including phenoxy) is 1. The van der Waals surface area contributed by atoms with Crippen molar-refractivity contribution in [2.45, 2.75) is 6.04 Å². The van der Waals surface area contributed by atoms with Gasteiger partial charge in [-0.2, -0.15) is 0 Å². The molecule has 2 aromatic carbocycles. The van der Waals surface area contributed by atoms with E-state index in [-0.39, 0.29) is 17.5 Å². The monoisotopic (exact) mass is 348 g/mol. The highest BCUT2D eigenvalue weighted by Gasteiger charge is 2.30. The molecule has 24 heavy (non-hydrogen) atoms. The van der Waals surface area contributed by atoms with Gasteiger partial charge in [0.05, 0.1) is 18.7 Å². The molecule has 0 saturated carbocycles. The second kappa shape index (κ2) is 7.20. The fraction of sp³-hybridized carbons (Fsp3) is 0.278. The van der Waals surface area contributed by atoms with Crippen LogP contribution < -0.4 is 10.1 Å². The molecule has 1 saturated heterocycles. The average molecular weight is 349 g/mol. The van der Waals surface area contributed by atoms with E-state index < -0.39 is 5.82 Å². The molecule has 0 spiro atoms. The maximum absolute atomic E-state index is 13.6. The summed E-state index contributed by atoms with van der Waals surface area (Å²) in [5.74, 6) is -0.351. The van der Waals surface area contributed by atoms with Gasteiger partial charge in [0.2, 0.25) is 0 Å². The first-order chi connectivity index (χ1) is 11.6. The first-order valence-corrected chi connectivity index (χ1v) is 8.08. The highest BCUT2D eigenvalue weighted by Crippen LogP contribution is 2.29. The maximum Gasteiger partial charge on any atom is 0.258 e. The van der Waals surface area contributed by atoms with Crippen LogP contribution in [0.15, 0.2) is 42.5 Å². The van der Waals surface area contributed by atoms with E-state index in [2.05, 4.69) is 5.32 Å². The number of piperazine rings is 1. The van der Waals surface area contributed by atoms with Crippen molar-refractivity contribution in [3.8, 4) is 5.75 Å². The molecule has 1 fully saturated rings. The predicted octanol–water partition coefficient (Wildman–Crippen LogP) is 3.27. The normalized spacial score (nSPS) is 17.6.